The van der Waals surface area contributed by atoms with Gasteiger partial charge in [-0.25, -0.2) is 0 Å². The summed E-state index contributed by atoms with van der Waals surface area (Å²) >= 11 is 0. The van der Waals surface area contributed by atoms with Crippen molar-refractivity contribution in [2.45, 2.75) is 11.1 Å². The zero-order valence-electron chi connectivity index (χ0n) is 7.82. The van der Waals surface area contributed by atoms with Crippen LogP contribution >= 0.6 is 0 Å². The SMILES string of the molecule is C=Cc1ccc(S(=O)(=O)O)c(C(F)(F)F)c1. The van der Waals surface area contributed by atoms with Gasteiger partial charge in [0.15, 0.2) is 0 Å². The summed E-state index contributed by atoms with van der Waals surface area (Å²) in [6.07, 6.45) is -3.72. The summed E-state index contributed by atoms with van der Waals surface area (Å²) in [5.41, 5.74) is -1.30. The third-order valence-electron chi connectivity index (χ3n) is 1.82. The van der Waals surface area contributed by atoms with Gasteiger partial charge in [0.05, 0.1) is 5.56 Å². The maximum Gasteiger partial charge on any atom is 0.417 e. The van der Waals surface area contributed by atoms with Crippen LogP contribution in [0.1, 0.15) is 11.1 Å². The van der Waals surface area contributed by atoms with E-state index < -0.39 is 26.8 Å². The number of rotatable bonds is 2. The van der Waals surface area contributed by atoms with Crippen molar-refractivity contribution >= 4 is 16.2 Å². The average Bonchev–Trinajstić information content (AvgIpc) is 2.14. The molecule has 0 atom stereocenters. The topological polar surface area (TPSA) is 54.4 Å². The predicted molar refractivity (Wildman–Crippen MR) is 51.3 cm³/mol. The molecule has 0 saturated heterocycles. The second-order valence-corrected chi connectivity index (χ2v) is 4.32. The molecule has 0 spiro atoms. The number of hydrogen-bond acceptors (Lipinski definition) is 2. The van der Waals surface area contributed by atoms with E-state index in [1.807, 2.05) is 0 Å². The quantitative estimate of drug-likeness (QED) is 0.823. The molecule has 0 aromatic heterocycles. The van der Waals surface area contributed by atoms with E-state index in [2.05, 4.69) is 6.58 Å². The van der Waals surface area contributed by atoms with Crippen molar-refractivity contribution in [3.63, 3.8) is 0 Å². The summed E-state index contributed by atoms with van der Waals surface area (Å²) in [5.74, 6) is 0. The van der Waals surface area contributed by atoms with Crippen LogP contribution in [0.15, 0.2) is 29.7 Å². The van der Waals surface area contributed by atoms with Crippen molar-refractivity contribution in [2.24, 2.45) is 0 Å². The van der Waals surface area contributed by atoms with Gasteiger partial charge in [-0.05, 0) is 17.7 Å². The highest BCUT2D eigenvalue weighted by molar-refractivity contribution is 7.85. The summed E-state index contributed by atoms with van der Waals surface area (Å²) in [5, 5.41) is 0. The minimum Gasteiger partial charge on any atom is -0.282 e. The molecule has 0 aliphatic carbocycles. The van der Waals surface area contributed by atoms with E-state index in [9.17, 15) is 21.6 Å². The molecule has 0 amide bonds. The Labute approximate surface area is 90.0 Å². The molecule has 0 fully saturated rings. The standard InChI is InChI=1S/C9H7F3O3S/c1-2-6-3-4-8(16(13,14)15)7(5-6)9(10,11)12/h2-5H,1H2,(H,13,14,15). The van der Waals surface area contributed by atoms with E-state index >= 15 is 0 Å². The molecule has 16 heavy (non-hydrogen) atoms. The molecule has 0 bridgehead atoms. The molecule has 1 aromatic rings. The van der Waals surface area contributed by atoms with Crippen LogP contribution in [0.4, 0.5) is 13.2 Å². The van der Waals surface area contributed by atoms with Gasteiger partial charge in [-0.15, -0.1) is 0 Å². The molecular formula is C9H7F3O3S. The van der Waals surface area contributed by atoms with E-state index in [0.717, 1.165) is 12.1 Å². The van der Waals surface area contributed by atoms with Crippen molar-refractivity contribution in [1.29, 1.82) is 0 Å². The first kappa shape index (κ1) is 12.7. The minimum atomic E-state index is -4.90. The lowest BCUT2D eigenvalue weighted by molar-refractivity contribution is -0.140. The second kappa shape index (κ2) is 3.91. The lowest BCUT2D eigenvalue weighted by atomic mass is 10.1. The molecule has 0 unspecified atom stereocenters. The van der Waals surface area contributed by atoms with Crippen LogP contribution in [-0.2, 0) is 16.3 Å². The Hall–Kier alpha value is -1.34. The van der Waals surface area contributed by atoms with Crippen molar-refractivity contribution in [3.05, 3.63) is 35.9 Å². The van der Waals surface area contributed by atoms with Gasteiger partial charge in [-0.3, -0.25) is 4.55 Å². The van der Waals surface area contributed by atoms with Gasteiger partial charge in [0.25, 0.3) is 10.1 Å². The highest BCUT2D eigenvalue weighted by atomic mass is 32.2. The normalized spacial score (nSPS) is 12.5. The molecule has 7 heteroatoms. The molecule has 3 nitrogen and oxygen atoms in total. The van der Waals surface area contributed by atoms with Crippen LogP contribution in [0.5, 0.6) is 0 Å². The zero-order valence-corrected chi connectivity index (χ0v) is 8.64. The molecule has 1 aromatic carbocycles. The summed E-state index contributed by atoms with van der Waals surface area (Å²) < 4.78 is 67.6. The minimum absolute atomic E-state index is 0.111. The maximum absolute atomic E-state index is 12.5. The summed E-state index contributed by atoms with van der Waals surface area (Å²) in [6.45, 7) is 3.27. The van der Waals surface area contributed by atoms with Gasteiger partial charge in [-0.1, -0.05) is 18.7 Å². The van der Waals surface area contributed by atoms with Crippen LogP contribution in [0, 0.1) is 0 Å². The van der Waals surface area contributed by atoms with Crippen LogP contribution < -0.4 is 0 Å². The second-order valence-electron chi connectivity index (χ2n) is 2.93. The Bertz CT molecular complexity index is 517. The number of hydrogen-bond donors (Lipinski definition) is 1. The van der Waals surface area contributed by atoms with E-state index in [1.165, 1.54) is 0 Å². The van der Waals surface area contributed by atoms with Gasteiger partial charge in [0.1, 0.15) is 4.90 Å². The Morgan fingerprint density at radius 1 is 1.31 bits per heavy atom. The summed E-state index contributed by atoms with van der Waals surface area (Å²) in [4.78, 5) is -1.16. The van der Waals surface area contributed by atoms with Crippen LogP contribution in [0.25, 0.3) is 6.08 Å². The number of benzene rings is 1. The van der Waals surface area contributed by atoms with Gasteiger partial charge in [0.2, 0.25) is 0 Å². The summed E-state index contributed by atoms with van der Waals surface area (Å²) in [7, 11) is -4.90. The van der Waals surface area contributed by atoms with Crippen LogP contribution in [0.3, 0.4) is 0 Å². The third-order valence-corrected chi connectivity index (χ3v) is 2.73. The molecule has 0 aliphatic rings. The average molecular weight is 252 g/mol. The number of halogens is 3. The molecule has 1 rings (SSSR count). The van der Waals surface area contributed by atoms with Gasteiger partial charge in [-0.2, -0.15) is 21.6 Å². The van der Waals surface area contributed by atoms with E-state index in [0.29, 0.717) is 12.1 Å². The molecule has 0 heterocycles. The van der Waals surface area contributed by atoms with Crippen LogP contribution in [-0.4, -0.2) is 13.0 Å². The fraction of sp³-hybridized carbons (Fsp3) is 0.111. The Kier molecular flexibility index (Phi) is 3.11. The largest absolute Gasteiger partial charge is 0.417 e. The first-order valence-corrected chi connectivity index (χ1v) is 5.41. The molecule has 0 saturated carbocycles. The molecule has 0 radical (unpaired) electrons. The van der Waals surface area contributed by atoms with E-state index in [1.54, 1.807) is 0 Å². The lowest BCUT2D eigenvalue weighted by Crippen LogP contribution is -2.12. The Morgan fingerprint density at radius 2 is 1.88 bits per heavy atom. The Balaban J connectivity index is 3.58. The fourth-order valence-corrected chi connectivity index (χ4v) is 1.81. The van der Waals surface area contributed by atoms with Gasteiger partial charge >= 0.3 is 6.18 Å². The van der Waals surface area contributed by atoms with Crippen molar-refractivity contribution in [1.82, 2.24) is 0 Å². The smallest absolute Gasteiger partial charge is 0.282 e. The first-order chi connectivity index (χ1) is 7.16. The number of alkyl halides is 3. The molecule has 88 valence electrons. The summed E-state index contributed by atoms with van der Waals surface area (Å²) in [6, 6.07) is 2.41. The van der Waals surface area contributed by atoms with E-state index in [4.69, 9.17) is 4.55 Å². The fourth-order valence-electron chi connectivity index (χ4n) is 1.12. The van der Waals surface area contributed by atoms with Gasteiger partial charge in [0, 0.05) is 0 Å². The Morgan fingerprint density at radius 3 is 2.25 bits per heavy atom. The lowest BCUT2D eigenvalue weighted by Gasteiger charge is -2.11. The zero-order chi connectivity index (χ0) is 12.6. The monoisotopic (exact) mass is 252 g/mol. The third kappa shape index (κ3) is 2.61. The highest BCUT2D eigenvalue weighted by Crippen LogP contribution is 2.34. The van der Waals surface area contributed by atoms with Crippen molar-refractivity contribution in [2.75, 3.05) is 0 Å². The van der Waals surface area contributed by atoms with Crippen molar-refractivity contribution in [3.8, 4) is 0 Å². The van der Waals surface area contributed by atoms with Crippen molar-refractivity contribution < 1.29 is 26.1 Å². The highest BCUT2D eigenvalue weighted by Gasteiger charge is 2.36. The molecular weight excluding hydrogens is 245 g/mol. The van der Waals surface area contributed by atoms with Crippen LogP contribution in [0.2, 0.25) is 0 Å². The van der Waals surface area contributed by atoms with E-state index in [-0.39, 0.29) is 5.56 Å². The van der Waals surface area contributed by atoms with Gasteiger partial charge < -0.3 is 0 Å². The maximum atomic E-state index is 12.5. The molecule has 1 N–H and O–H groups in total. The molecule has 0 aliphatic heterocycles. The first-order valence-electron chi connectivity index (χ1n) is 3.97. The predicted octanol–water partition coefficient (Wildman–Crippen LogP) is 2.60.